The molecule has 1 aromatic rings. The first-order valence-corrected chi connectivity index (χ1v) is 10.8. The smallest absolute Gasteiger partial charge is 0.412 e. The molecule has 2 N–H and O–H groups in total. The van der Waals surface area contributed by atoms with Crippen molar-refractivity contribution in [2.24, 2.45) is 5.92 Å². The third-order valence-electron chi connectivity index (χ3n) is 3.92. The topological polar surface area (TPSA) is 89.6 Å². The summed E-state index contributed by atoms with van der Waals surface area (Å²) in [6, 6.07) is 3.09. The summed E-state index contributed by atoms with van der Waals surface area (Å²) < 4.78 is 26.4. The quantitative estimate of drug-likeness (QED) is 0.676. The first kappa shape index (κ1) is 22.8. The Balaban J connectivity index is 2.09. The standard InChI is InChI=1S/C20H33N3O4S/c1-19(2,3)27-18(24)22-15-9-10-21-16(11-15)17(13-26-12-14-7-8-14)23-28(25)20(4,5)6/h9-11,14,17,23H,7-8,12-13H2,1-6H3,(H,21,22,24). The lowest BCUT2D eigenvalue weighted by Gasteiger charge is -2.24. The number of rotatable bonds is 8. The van der Waals surface area contributed by atoms with Gasteiger partial charge in [-0.15, -0.1) is 0 Å². The number of anilines is 1. The fraction of sp³-hybridized carbons (Fsp3) is 0.700. The van der Waals surface area contributed by atoms with E-state index in [-0.39, 0.29) is 6.04 Å². The van der Waals surface area contributed by atoms with E-state index < -0.39 is 27.4 Å². The maximum atomic E-state index is 12.6. The molecule has 0 radical (unpaired) electrons. The van der Waals surface area contributed by atoms with E-state index in [1.807, 2.05) is 41.5 Å². The highest BCUT2D eigenvalue weighted by Crippen LogP contribution is 2.29. The van der Waals surface area contributed by atoms with Crippen LogP contribution < -0.4 is 10.0 Å². The van der Waals surface area contributed by atoms with Crippen molar-refractivity contribution in [3.8, 4) is 0 Å². The summed E-state index contributed by atoms with van der Waals surface area (Å²) in [7, 11) is -1.28. The summed E-state index contributed by atoms with van der Waals surface area (Å²) in [6.07, 6.45) is 3.49. The van der Waals surface area contributed by atoms with Crippen molar-refractivity contribution in [1.29, 1.82) is 0 Å². The number of amides is 1. The molecule has 8 heteroatoms. The predicted octanol–water partition coefficient (Wildman–Crippen LogP) is 3.95. The van der Waals surface area contributed by atoms with Crippen LogP contribution in [0.3, 0.4) is 0 Å². The Morgan fingerprint density at radius 2 is 1.96 bits per heavy atom. The van der Waals surface area contributed by atoms with Gasteiger partial charge in [-0.3, -0.25) is 10.3 Å². The van der Waals surface area contributed by atoms with Crippen molar-refractivity contribution in [1.82, 2.24) is 9.71 Å². The van der Waals surface area contributed by atoms with E-state index in [4.69, 9.17) is 9.47 Å². The zero-order chi connectivity index (χ0) is 20.9. The number of carbonyl (C=O) groups excluding carboxylic acids is 1. The second-order valence-electron chi connectivity index (χ2n) is 9.13. The molecular formula is C20H33N3O4S. The van der Waals surface area contributed by atoms with Gasteiger partial charge in [-0.1, -0.05) is 0 Å². The minimum atomic E-state index is -1.28. The van der Waals surface area contributed by atoms with Crippen LogP contribution in [0.25, 0.3) is 0 Å². The van der Waals surface area contributed by atoms with Crippen LogP contribution >= 0.6 is 0 Å². The van der Waals surface area contributed by atoms with Crippen molar-refractivity contribution in [2.45, 2.75) is 70.8 Å². The second kappa shape index (κ2) is 9.33. The lowest BCUT2D eigenvalue weighted by Crippen LogP contribution is -2.38. The minimum absolute atomic E-state index is 0.348. The van der Waals surface area contributed by atoms with E-state index in [2.05, 4.69) is 15.0 Å². The Labute approximate surface area is 170 Å². The van der Waals surface area contributed by atoms with E-state index in [1.165, 1.54) is 12.8 Å². The Morgan fingerprint density at radius 1 is 1.29 bits per heavy atom. The summed E-state index contributed by atoms with van der Waals surface area (Å²) in [6.45, 7) is 12.2. The Bertz CT molecular complexity index is 693. The minimum Gasteiger partial charge on any atom is -0.444 e. The number of aromatic nitrogens is 1. The third kappa shape index (κ3) is 8.24. The number of nitrogens with zero attached hydrogens (tertiary/aromatic N) is 1. The molecule has 0 aromatic carbocycles. The van der Waals surface area contributed by atoms with E-state index in [0.717, 1.165) is 0 Å². The summed E-state index contributed by atoms with van der Waals surface area (Å²) in [4.78, 5) is 16.4. The molecule has 158 valence electrons. The van der Waals surface area contributed by atoms with Crippen LogP contribution in [0.4, 0.5) is 10.5 Å². The molecule has 28 heavy (non-hydrogen) atoms. The van der Waals surface area contributed by atoms with Crippen molar-refractivity contribution >= 4 is 22.8 Å². The van der Waals surface area contributed by atoms with Crippen LogP contribution in [0.15, 0.2) is 18.3 Å². The number of ether oxygens (including phenoxy) is 2. The van der Waals surface area contributed by atoms with Gasteiger partial charge in [-0.2, -0.15) is 0 Å². The molecule has 1 fully saturated rings. The highest BCUT2D eigenvalue weighted by Gasteiger charge is 2.26. The number of pyridine rings is 1. The zero-order valence-corrected chi connectivity index (χ0v) is 18.5. The van der Waals surface area contributed by atoms with Gasteiger partial charge in [0, 0.05) is 18.5 Å². The van der Waals surface area contributed by atoms with Gasteiger partial charge < -0.3 is 9.47 Å². The summed E-state index contributed by atoms with van der Waals surface area (Å²) >= 11 is 0. The lowest BCUT2D eigenvalue weighted by atomic mass is 10.2. The Kier molecular flexibility index (Phi) is 7.59. The molecule has 1 amide bonds. The van der Waals surface area contributed by atoms with Crippen molar-refractivity contribution < 1.29 is 18.5 Å². The fourth-order valence-corrected chi connectivity index (χ4v) is 3.06. The Hall–Kier alpha value is -1.51. The SMILES string of the molecule is CC(C)(C)OC(=O)Nc1ccnc(C(COCC2CC2)NS(=O)C(C)(C)C)c1. The van der Waals surface area contributed by atoms with Gasteiger partial charge in [0.15, 0.2) is 0 Å². The molecule has 0 bridgehead atoms. The predicted molar refractivity (Wildman–Crippen MR) is 111 cm³/mol. The fourth-order valence-electron chi connectivity index (χ4n) is 2.26. The largest absolute Gasteiger partial charge is 0.444 e. The van der Waals surface area contributed by atoms with Crippen LogP contribution in [0, 0.1) is 5.92 Å². The molecule has 1 aromatic heterocycles. The number of hydrogen-bond acceptors (Lipinski definition) is 5. The number of nitrogens with one attached hydrogen (secondary N) is 2. The average Bonchev–Trinajstić information content (AvgIpc) is 3.35. The molecule has 2 atom stereocenters. The third-order valence-corrected chi connectivity index (χ3v) is 5.53. The van der Waals surface area contributed by atoms with Crippen molar-refractivity contribution in [2.75, 3.05) is 18.5 Å². The van der Waals surface area contributed by atoms with E-state index in [9.17, 15) is 9.00 Å². The van der Waals surface area contributed by atoms with Gasteiger partial charge in [0.1, 0.15) is 5.60 Å². The molecule has 0 spiro atoms. The van der Waals surface area contributed by atoms with Crippen molar-refractivity contribution in [3.05, 3.63) is 24.0 Å². The van der Waals surface area contributed by atoms with Gasteiger partial charge >= 0.3 is 6.09 Å². The molecule has 1 saturated carbocycles. The molecule has 0 aliphatic heterocycles. The lowest BCUT2D eigenvalue weighted by molar-refractivity contribution is 0.0636. The van der Waals surface area contributed by atoms with Crippen LogP contribution in [-0.2, 0) is 20.5 Å². The summed E-state index contributed by atoms with van der Waals surface area (Å²) in [5, 5.41) is 2.72. The van der Waals surface area contributed by atoms with E-state index >= 15 is 0 Å². The molecule has 1 aliphatic rings. The number of hydrogen-bond donors (Lipinski definition) is 2. The van der Waals surface area contributed by atoms with E-state index in [1.54, 1.807) is 18.3 Å². The van der Waals surface area contributed by atoms with E-state index in [0.29, 0.717) is 30.5 Å². The monoisotopic (exact) mass is 411 g/mol. The first-order valence-electron chi connectivity index (χ1n) is 9.66. The van der Waals surface area contributed by atoms with Gasteiger partial charge in [-0.05, 0) is 72.4 Å². The molecule has 0 saturated heterocycles. The molecule has 1 aliphatic carbocycles. The zero-order valence-electron chi connectivity index (χ0n) is 17.7. The van der Waals surface area contributed by atoms with Crippen LogP contribution in [0.2, 0.25) is 0 Å². The normalized spacial score (nSPS) is 17.1. The van der Waals surface area contributed by atoms with Crippen molar-refractivity contribution in [3.63, 3.8) is 0 Å². The van der Waals surface area contributed by atoms with Gasteiger partial charge in [-0.25, -0.2) is 13.7 Å². The molecule has 2 rings (SSSR count). The van der Waals surface area contributed by atoms with Crippen LogP contribution in [-0.4, -0.2) is 38.8 Å². The van der Waals surface area contributed by atoms with Crippen LogP contribution in [0.1, 0.15) is 66.1 Å². The van der Waals surface area contributed by atoms with Gasteiger partial charge in [0.2, 0.25) is 0 Å². The average molecular weight is 412 g/mol. The highest BCUT2D eigenvalue weighted by molar-refractivity contribution is 7.84. The molecule has 1 heterocycles. The Morgan fingerprint density at radius 3 is 2.54 bits per heavy atom. The van der Waals surface area contributed by atoms with Gasteiger partial charge in [0.05, 0.1) is 34.1 Å². The highest BCUT2D eigenvalue weighted by atomic mass is 32.2. The maximum absolute atomic E-state index is 12.6. The molecular weight excluding hydrogens is 378 g/mol. The van der Waals surface area contributed by atoms with Gasteiger partial charge in [0.25, 0.3) is 0 Å². The summed E-state index contributed by atoms with van der Waals surface area (Å²) in [5.41, 5.74) is 0.640. The molecule has 7 nitrogen and oxygen atoms in total. The second-order valence-corrected chi connectivity index (χ2v) is 11.1. The maximum Gasteiger partial charge on any atom is 0.412 e. The molecule has 2 unspecified atom stereocenters. The summed E-state index contributed by atoms with van der Waals surface area (Å²) in [5.74, 6) is 0.641. The number of carbonyl (C=O) groups is 1. The van der Waals surface area contributed by atoms with Crippen LogP contribution in [0.5, 0.6) is 0 Å². The first-order chi connectivity index (χ1) is 12.9.